The molecule has 0 aromatic carbocycles. The lowest BCUT2D eigenvalue weighted by Crippen LogP contribution is -2.52. The zero-order valence-electron chi connectivity index (χ0n) is 11.1. The molecule has 0 bridgehead atoms. The molecule has 0 radical (unpaired) electrons. The van der Waals surface area contributed by atoms with E-state index in [2.05, 4.69) is 17.6 Å². The quantitative estimate of drug-likeness (QED) is 0.821. The van der Waals surface area contributed by atoms with Crippen LogP contribution < -0.4 is 10.6 Å². The fourth-order valence-electron chi connectivity index (χ4n) is 2.90. The summed E-state index contributed by atoms with van der Waals surface area (Å²) in [5.74, 6) is 0.729. The SMILES string of the molecule is CCC1CCCCC1NC(=O)C1CNCCO1.Cl. The van der Waals surface area contributed by atoms with Crippen molar-refractivity contribution < 1.29 is 9.53 Å². The van der Waals surface area contributed by atoms with Crippen molar-refractivity contribution in [1.29, 1.82) is 0 Å². The van der Waals surface area contributed by atoms with E-state index in [-0.39, 0.29) is 24.4 Å². The minimum absolute atomic E-state index is 0. The molecule has 1 aliphatic carbocycles. The monoisotopic (exact) mass is 276 g/mol. The van der Waals surface area contributed by atoms with Crippen LogP contribution in [-0.2, 0) is 9.53 Å². The second-order valence-corrected chi connectivity index (χ2v) is 5.13. The van der Waals surface area contributed by atoms with E-state index in [4.69, 9.17) is 4.74 Å². The fourth-order valence-corrected chi connectivity index (χ4v) is 2.90. The smallest absolute Gasteiger partial charge is 0.250 e. The van der Waals surface area contributed by atoms with Crippen molar-refractivity contribution in [3.63, 3.8) is 0 Å². The van der Waals surface area contributed by atoms with Gasteiger partial charge in [-0.2, -0.15) is 0 Å². The van der Waals surface area contributed by atoms with Gasteiger partial charge in [0.15, 0.2) is 0 Å². The third-order valence-electron chi connectivity index (χ3n) is 3.98. The van der Waals surface area contributed by atoms with Gasteiger partial charge in [-0.05, 0) is 18.8 Å². The number of halogens is 1. The normalized spacial score (nSPS) is 32.4. The van der Waals surface area contributed by atoms with Gasteiger partial charge in [0.25, 0.3) is 5.91 Å². The molecule has 1 amide bonds. The van der Waals surface area contributed by atoms with Crippen molar-refractivity contribution in [3.05, 3.63) is 0 Å². The molecule has 5 heteroatoms. The van der Waals surface area contributed by atoms with Gasteiger partial charge in [-0.1, -0.05) is 26.2 Å². The molecule has 18 heavy (non-hydrogen) atoms. The molecule has 1 heterocycles. The molecule has 0 aromatic heterocycles. The van der Waals surface area contributed by atoms with Crippen LogP contribution in [0, 0.1) is 5.92 Å². The first-order valence-electron chi connectivity index (χ1n) is 6.94. The third-order valence-corrected chi connectivity index (χ3v) is 3.98. The Hall–Kier alpha value is -0.320. The summed E-state index contributed by atoms with van der Waals surface area (Å²) in [4.78, 5) is 12.1. The van der Waals surface area contributed by atoms with E-state index in [1.807, 2.05) is 0 Å². The Morgan fingerprint density at radius 2 is 2.17 bits per heavy atom. The molecule has 2 rings (SSSR count). The Labute approximate surface area is 116 Å². The summed E-state index contributed by atoms with van der Waals surface area (Å²) in [7, 11) is 0. The molecule has 2 N–H and O–H groups in total. The summed E-state index contributed by atoms with van der Waals surface area (Å²) in [6, 6.07) is 0.367. The van der Waals surface area contributed by atoms with Crippen LogP contribution >= 0.6 is 12.4 Å². The van der Waals surface area contributed by atoms with Crippen LogP contribution in [0.25, 0.3) is 0 Å². The van der Waals surface area contributed by atoms with Gasteiger partial charge >= 0.3 is 0 Å². The van der Waals surface area contributed by atoms with Crippen LogP contribution in [0.4, 0.5) is 0 Å². The van der Waals surface area contributed by atoms with E-state index in [0.717, 1.165) is 19.4 Å². The highest BCUT2D eigenvalue weighted by atomic mass is 35.5. The highest BCUT2D eigenvalue weighted by Gasteiger charge is 2.28. The van der Waals surface area contributed by atoms with E-state index in [1.165, 1.54) is 19.3 Å². The van der Waals surface area contributed by atoms with Gasteiger partial charge in [0.1, 0.15) is 6.10 Å². The molecule has 3 unspecified atom stereocenters. The Kier molecular flexibility index (Phi) is 6.97. The van der Waals surface area contributed by atoms with Crippen LogP contribution in [-0.4, -0.2) is 37.7 Å². The number of hydrogen-bond donors (Lipinski definition) is 2. The number of nitrogens with one attached hydrogen (secondary N) is 2. The Morgan fingerprint density at radius 3 is 2.83 bits per heavy atom. The lowest BCUT2D eigenvalue weighted by molar-refractivity contribution is -0.135. The maximum Gasteiger partial charge on any atom is 0.250 e. The number of morpholine rings is 1. The van der Waals surface area contributed by atoms with Gasteiger partial charge in [0, 0.05) is 19.1 Å². The maximum atomic E-state index is 12.1. The second kappa shape index (κ2) is 7.97. The highest BCUT2D eigenvalue weighted by molar-refractivity contribution is 5.85. The summed E-state index contributed by atoms with van der Waals surface area (Å²) in [5, 5.41) is 6.38. The van der Waals surface area contributed by atoms with Gasteiger partial charge in [-0.15, -0.1) is 12.4 Å². The molecule has 4 nitrogen and oxygen atoms in total. The molecule has 0 spiro atoms. The van der Waals surface area contributed by atoms with Crippen molar-refractivity contribution in [2.75, 3.05) is 19.7 Å². The van der Waals surface area contributed by atoms with Crippen LogP contribution in [0.3, 0.4) is 0 Å². The largest absolute Gasteiger partial charge is 0.366 e. The number of amides is 1. The molecular formula is C13H25ClN2O2. The predicted molar refractivity (Wildman–Crippen MR) is 74.0 cm³/mol. The standard InChI is InChI=1S/C13H24N2O2.ClH/c1-2-10-5-3-4-6-11(10)15-13(16)12-9-14-7-8-17-12;/h10-12,14H,2-9H2,1H3,(H,15,16);1H. The van der Waals surface area contributed by atoms with Gasteiger partial charge in [-0.3, -0.25) is 4.79 Å². The van der Waals surface area contributed by atoms with E-state index in [0.29, 0.717) is 25.1 Å². The molecular weight excluding hydrogens is 252 g/mol. The number of carbonyl (C=O) groups is 1. The van der Waals surface area contributed by atoms with E-state index >= 15 is 0 Å². The number of rotatable bonds is 3. The minimum atomic E-state index is -0.289. The molecule has 3 atom stereocenters. The Morgan fingerprint density at radius 1 is 1.39 bits per heavy atom. The van der Waals surface area contributed by atoms with Crippen LogP contribution in [0.2, 0.25) is 0 Å². The molecule has 2 fully saturated rings. The van der Waals surface area contributed by atoms with Gasteiger partial charge in [-0.25, -0.2) is 0 Å². The van der Waals surface area contributed by atoms with Gasteiger partial charge < -0.3 is 15.4 Å². The van der Waals surface area contributed by atoms with Gasteiger partial charge in [0.2, 0.25) is 0 Å². The van der Waals surface area contributed by atoms with Crippen molar-refractivity contribution in [3.8, 4) is 0 Å². The number of ether oxygens (including phenoxy) is 1. The average Bonchev–Trinajstić information content (AvgIpc) is 2.40. The van der Waals surface area contributed by atoms with Crippen molar-refractivity contribution in [1.82, 2.24) is 10.6 Å². The lowest BCUT2D eigenvalue weighted by atomic mass is 9.83. The van der Waals surface area contributed by atoms with Crippen LogP contribution in [0.5, 0.6) is 0 Å². The highest BCUT2D eigenvalue weighted by Crippen LogP contribution is 2.26. The minimum Gasteiger partial charge on any atom is -0.366 e. The van der Waals surface area contributed by atoms with Crippen molar-refractivity contribution >= 4 is 18.3 Å². The van der Waals surface area contributed by atoms with Crippen LogP contribution in [0.1, 0.15) is 39.0 Å². The summed E-state index contributed by atoms with van der Waals surface area (Å²) in [6.45, 7) is 4.36. The molecule has 1 saturated heterocycles. The van der Waals surface area contributed by atoms with E-state index < -0.39 is 0 Å². The Balaban J connectivity index is 0.00000162. The molecule has 0 aromatic rings. The second-order valence-electron chi connectivity index (χ2n) is 5.13. The third kappa shape index (κ3) is 4.11. The molecule has 1 saturated carbocycles. The number of hydrogen-bond acceptors (Lipinski definition) is 3. The maximum absolute atomic E-state index is 12.1. The molecule has 106 valence electrons. The van der Waals surface area contributed by atoms with E-state index in [1.54, 1.807) is 0 Å². The first-order chi connectivity index (χ1) is 8.31. The summed E-state index contributed by atoms with van der Waals surface area (Å²) >= 11 is 0. The zero-order chi connectivity index (χ0) is 12.1. The summed E-state index contributed by atoms with van der Waals surface area (Å²) in [5.41, 5.74) is 0. The number of carbonyl (C=O) groups excluding carboxylic acids is 1. The van der Waals surface area contributed by atoms with Crippen molar-refractivity contribution in [2.24, 2.45) is 5.92 Å². The molecule has 2 aliphatic rings. The molecule has 1 aliphatic heterocycles. The predicted octanol–water partition coefficient (Wildman–Crippen LogP) is 1.48. The van der Waals surface area contributed by atoms with Crippen molar-refractivity contribution in [2.45, 2.75) is 51.2 Å². The summed E-state index contributed by atoms with van der Waals surface area (Å²) in [6.07, 6.45) is 5.81. The van der Waals surface area contributed by atoms with E-state index in [9.17, 15) is 4.79 Å². The Bertz CT molecular complexity index is 257. The fraction of sp³-hybridized carbons (Fsp3) is 0.923. The summed E-state index contributed by atoms with van der Waals surface area (Å²) < 4.78 is 5.48. The van der Waals surface area contributed by atoms with Gasteiger partial charge in [0.05, 0.1) is 6.61 Å². The van der Waals surface area contributed by atoms with Crippen LogP contribution in [0.15, 0.2) is 0 Å². The topological polar surface area (TPSA) is 50.4 Å². The average molecular weight is 277 g/mol. The lowest BCUT2D eigenvalue weighted by Gasteiger charge is -2.33. The zero-order valence-corrected chi connectivity index (χ0v) is 11.9. The first-order valence-corrected chi connectivity index (χ1v) is 6.94. The first kappa shape index (κ1) is 15.7.